The third kappa shape index (κ3) is 3.16. The van der Waals surface area contributed by atoms with Gasteiger partial charge in [-0.2, -0.15) is 4.98 Å². The molecule has 22 heavy (non-hydrogen) atoms. The van der Waals surface area contributed by atoms with Crippen molar-refractivity contribution in [1.29, 1.82) is 0 Å². The highest BCUT2D eigenvalue weighted by atomic mass is 15.2. The van der Waals surface area contributed by atoms with E-state index >= 15 is 0 Å². The zero-order chi connectivity index (χ0) is 14.8. The Kier molecular flexibility index (Phi) is 3.83. The van der Waals surface area contributed by atoms with Crippen LogP contribution in [0.4, 0.5) is 11.8 Å². The molecule has 1 aromatic carbocycles. The molecule has 2 aliphatic rings. The lowest BCUT2D eigenvalue weighted by Crippen LogP contribution is -2.20. The van der Waals surface area contributed by atoms with Gasteiger partial charge in [-0.3, -0.25) is 0 Å². The van der Waals surface area contributed by atoms with Crippen LogP contribution < -0.4 is 10.6 Å². The Morgan fingerprint density at radius 3 is 2.27 bits per heavy atom. The molecular formula is C18H24N4. The van der Waals surface area contributed by atoms with Gasteiger partial charge in [0.1, 0.15) is 5.82 Å². The monoisotopic (exact) mass is 296 g/mol. The largest absolute Gasteiger partial charge is 0.367 e. The molecule has 0 amide bonds. The van der Waals surface area contributed by atoms with Crippen LogP contribution in [-0.4, -0.2) is 22.1 Å². The van der Waals surface area contributed by atoms with E-state index < -0.39 is 0 Å². The van der Waals surface area contributed by atoms with E-state index in [2.05, 4.69) is 28.8 Å². The molecule has 1 aromatic heterocycles. The lowest BCUT2D eigenvalue weighted by molar-refractivity contribution is 0.615. The van der Waals surface area contributed by atoms with E-state index in [4.69, 9.17) is 9.97 Å². The van der Waals surface area contributed by atoms with Crippen LogP contribution >= 0.6 is 0 Å². The Balaban J connectivity index is 1.61. The average molecular weight is 296 g/mol. The minimum atomic E-state index is 0.525. The molecule has 116 valence electrons. The van der Waals surface area contributed by atoms with Crippen molar-refractivity contribution in [1.82, 2.24) is 9.97 Å². The van der Waals surface area contributed by atoms with E-state index in [0.29, 0.717) is 12.1 Å². The van der Waals surface area contributed by atoms with Crippen molar-refractivity contribution in [3.63, 3.8) is 0 Å². The SMILES string of the molecule is c1ccc2c(NC3CC3)nc(NC3CCCCCC3)nc2c1. The van der Waals surface area contributed by atoms with Gasteiger partial charge in [0.15, 0.2) is 0 Å². The van der Waals surface area contributed by atoms with Crippen molar-refractivity contribution >= 4 is 22.7 Å². The van der Waals surface area contributed by atoms with Crippen LogP contribution in [0.25, 0.3) is 10.9 Å². The van der Waals surface area contributed by atoms with Gasteiger partial charge in [0.2, 0.25) is 5.95 Å². The van der Waals surface area contributed by atoms with Gasteiger partial charge in [-0.1, -0.05) is 37.8 Å². The van der Waals surface area contributed by atoms with Gasteiger partial charge < -0.3 is 10.6 Å². The molecule has 4 heteroatoms. The lowest BCUT2D eigenvalue weighted by Gasteiger charge is -2.17. The van der Waals surface area contributed by atoms with Crippen molar-refractivity contribution in [2.24, 2.45) is 0 Å². The summed E-state index contributed by atoms with van der Waals surface area (Å²) in [7, 11) is 0. The quantitative estimate of drug-likeness (QED) is 0.824. The van der Waals surface area contributed by atoms with Gasteiger partial charge in [0.05, 0.1) is 5.52 Å². The van der Waals surface area contributed by atoms with Crippen LogP contribution in [-0.2, 0) is 0 Å². The third-order valence-electron chi connectivity index (χ3n) is 4.71. The van der Waals surface area contributed by atoms with Gasteiger partial charge in [-0.05, 0) is 37.8 Å². The maximum absolute atomic E-state index is 4.77. The Bertz CT molecular complexity index is 643. The number of aromatic nitrogens is 2. The number of nitrogens with zero attached hydrogens (tertiary/aromatic N) is 2. The second-order valence-corrected chi connectivity index (χ2v) is 6.66. The Morgan fingerprint density at radius 1 is 0.773 bits per heavy atom. The molecule has 0 saturated heterocycles. The molecule has 0 atom stereocenters. The number of fused-ring (bicyclic) bond motifs is 1. The third-order valence-corrected chi connectivity index (χ3v) is 4.71. The van der Waals surface area contributed by atoms with Crippen LogP contribution in [0.3, 0.4) is 0 Å². The van der Waals surface area contributed by atoms with Crippen molar-refractivity contribution in [3.05, 3.63) is 24.3 Å². The zero-order valence-electron chi connectivity index (χ0n) is 13.0. The van der Waals surface area contributed by atoms with E-state index in [9.17, 15) is 0 Å². The highest BCUT2D eigenvalue weighted by molar-refractivity contribution is 5.90. The second kappa shape index (κ2) is 6.11. The fraction of sp³-hybridized carbons (Fsp3) is 0.556. The molecule has 2 aliphatic carbocycles. The Labute approximate surface area is 131 Å². The van der Waals surface area contributed by atoms with Crippen LogP contribution in [0.2, 0.25) is 0 Å². The lowest BCUT2D eigenvalue weighted by atomic mass is 10.1. The number of anilines is 2. The normalized spacial score (nSPS) is 19.8. The standard InChI is InChI=1S/C18H24N4/c1-2-4-8-13(7-3-1)20-18-21-16-10-6-5-9-15(16)17(22-18)19-14-11-12-14/h5-6,9-10,13-14H,1-4,7-8,11-12H2,(H2,19,20,21,22). The van der Waals surface area contributed by atoms with Gasteiger partial charge in [-0.25, -0.2) is 4.98 Å². The van der Waals surface area contributed by atoms with Crippen LogP contribution in [0.5, 0.6) is 0 Å². The number of rotatable bonds is 4. The van der Waals surface area contributed by atoms with Crippen molar-refractivity contribution in [2.45, 2.75) is 63.5 Å². The highest BCUT2D eigenvalue weighted by Gasteiger charge is 2.23. The molecular weight excluding hydrogens is 272 g/mol. The van der Waals surface area contributed by atoms with E-state index in [1.807, 2.05) is 6.07 Å². The molecule has 2 saturated carbocycles. The van der Waals surface area contributed by atoms with Crippen LogP contribution in [0, 0.1) is 0 Å². The van der Waals surface area contributed by atoms with Gasteiger partial charge in [0, 0.05) is 17.5 Å². The molecule has 0 bridgehead atoms. The number of benzene rings is 1. The molecule has 0 aliphatic heterocycles. The first kappa shape index (κ1) is 13.8. The molecule has 2 fully saturated rings. The van der Waals surface area contributed by atoms with E-state index in [-0.39, 0.29) is 0 Å². The first-order valence-electron chi connectivity index (χ1n) is 8.68. The highest BCUT2D eigenvalue weighted by Crippen LogP contribution is 2.29. The topological polar surface area (TPSA) is 49.8 Å². The summed E-state index contributed by atoms with van der Waals surface area (Å²) in [5.74, 6) is 1.78. The Morgan fingerprint density at radius 2 is 1.50 bits per heavy atom. The Hall–Kier alpha value is -1.84. The number of para-hydroxylation sites is 1. The summed E-state index contributed by atoms with van der Waals surface area (Å²) >= 11 is 0. The van der Waals surface area contributed by atoms with Crippen molar-refractivity contribution < 1.29 is 0 Å². The summed E-state index contributed by atoms with van der Waals surface area (Å²) in [5, 5.41) is 8.27. The first-order valence-corrected chi connectivity index (χ1v) is 8.68. The number of hydrogen-bond donors (Lipinski definition) is 2. The summed E-state index contributed by atoms with van der Waals surface area (Å²) in [6, 6.07) is 9.41. The zero-order valence-corrected chi connectivity index (χ0v) is 13.0. The first-order chi connectivity index (χ1) is 10.9. The molecule has 2 N–H and O–H groups in total. The molecule has 0 unspecified atom stereocenters. The molecule has 0 radical (unpaired) electrons. The predicted octanol–water partition coefficient (Wildman–Crippen LogP) is 4.34. The average Bonchev–Trinajstić information content (AvgIpc) is 3.35. The second-order valence-electron chi connectivity index (χ2n) is 6.66. The maximum Gasteiger partial charge on any atom is 0.225 e. The van der Waals surface area contributed by atoms with E-state index in [1.165, 1.54) is 51.4 Å². The van der Waals surface area contributed by atoms with Gasteiger partial charge in [0.25, 0.3) is 0 Å². The molecule has 0 spiro atoms. The van der Waals surface area contributed by atoms with Gasteiger partial charge in [-0.15, -0.1) is 0 Å². The molecule has 4 rings (SSSR count). The number of nitrogens with one attached hydrogen (secondary N) is 2. The summed E-state index contributed by atoms with van der Waals surface area (Å²) in [6.07, 6.45) is 10.4. The fourth-order valence-corrected chi connectivity index (χ4v) is 3.28. The summed E-state index contributed by atoms with van der Waals surface area (Å²) < 4.78 is 0. The van der Waals surface area contributed by atoms with E-state index in [1.54, 1.807) is 0 Å². The van der Waals surface area contributed by atoms with Crippen molar-refractivity contribution in [2.75, 3.05) is 10.6 Å². The smallest absolute Gasteiger partial charge is 0.225 e. The summed E-state index contributed by atoms with van der Waals surface area (Å²) in [6.45, 7) is 0. The molecule has 2 aromatic rings. The summed E-state index contributed by atoms with van der Waals surface area (Å²) in [4.78, 5) is 9.50. The van der Waals surface area contributed by atoms with Crippen LogP contribution in [0.15, 0.2) is 24.3 Å². The molecule has 1 heterocycles. The predicted molar refractivity (Wildman–Crippen MR) is 91.3 cm³/mol. The minimum Gasteiger partial charge on any atom is -0.367 e. The van der Waals surface area contributed by atoms with Gasteiger partial charge >= 0.3 is 0 Å². The van der Waals surface area contributed by atoms with E-state index in [0.717, 1.165) is 22.7 Å². The molecule has 4 nitrogen and oxygen atoms in total. The summed E-state index contributed by atoms with van der Waals surface area (Å²) in [5.41, 5.74) is 1.02. The van der Waals surface area contributed by atoms with Crippen LogP contribution in [0.1, 0.15) is 51.4 Å². The minimum absolute atomic E-state index is 0.525. The maximum atomic E-state index is 4.77. The fourth-order valence-electron chi connectivity index (χ4n) is 3.28. The van der Waals surface area contributed by atoms with Crippen molar-refractivity contribution in [3.8, 4) is 0 Å². The number of hydrogen-bond acceptors (Lipinski definition) is 4.